The molecule has 0 amide bonds. The molecular weight excluding hydrogens is 314 g/mol. The molecule has 3 nitrogen and oxygen atoms in total. The summed E-state index contributed by atoms with van der Waals surface area (Å²) in [5, 5.41) is 0. The summed E-state index contributed by atoms with van der Waals surface area (Å²) in [5.41, 5.74) is 9.24. The minimum absolute atomic E-state index is 0.456. The fourth-order valence-corrected chi connectivity index (χ4v) is 2.89. The topological polar surface area (TPSA) is 43.8 Å². The van der Waals surface area contributed by atoms with E-state index in [0.29, 0.717) is 12.4 Å². The molecule has 2 aromatic rings. The molecule has 0 aliphatic rings. The Hall–Kier alpha value is -1.73. The second-order valence-corrected chi connectivity index (χ2v) is 5.64. The predicted molar refractivity (Wildman–Crippen MR) is 87.3 cm³/mol. The Balaban J connectivity index is 2.57. The molecule has 0 spiro atoms. The standard InChI is InChI=1S/C16H18BrN3/c1-4-6-14-19-15(16(18)20(14)9-5-2)12-8-7-11(3)10-13(12)17/h2,7-8,10H,4,6,9,18H2,1,3H3. The Morgan fingerprint density at radius 2 is 2.20 bits per heavy atom. The molecule has 0 aliphatic heterocycles. The van der Waals surface area contributed by atoms with Crippen molar-refractivity contribution in [3.8, 4) is 23.6 Å². The zero-order valence-corrected chi connectivity index (χ0v) is 13.4. The number of rotatable bonds is 4. The Labute approximate surface area is 128 Å². The Kier molecular flexibility index (Phi) is 4.51. The number of aromatic nitrogens is 2. The van der Waals surface area contributed by atoms with E-state index >= 15 is 0 Å². The van der Waals surface area contributed by atoms with Crippen molar-refractivity contribution in [1.29, 1.82) is 0 Å². The number of imidazole rings is 1. The molecule has 1 heterocycles. The highest BCUT2D eigenvalue weighted by Gasteiger charge is 2.17. The Morgan fingerprint density at radius 1 is 1.45 bits per heavy atom. The highest BCUT2D eigenvalue weighted by molar-refractivity contribution is 9.10. The molecule has 0 bridgehead atoms. The maximum absolute atomic E-state index is 6.24. The summed E-state index contributed by atoms with van der Waals surface area (Å²) < 4.78 is 2.92. The summed E-state index contributed by atoms with van der Waals surface area (Å²) in [4.78, 5) is 4.69. The van der Waals surface area contributed by atoms with Gasteiger partial charge in [0.1, 0.15) is 17.3 Å². The van der Waals surface area contributed by atoms with Crippen LogP contribution in [-0.4, -0.2) is 9.55 Å². The average Bonchev–Trinajstić information content (AvgIpc) is 2.69. The molecule has 0 radical (unpaired) electrons. The van der Waals surface area contributed by atoms with Crippen molar-refractivity contribution < 1.29 is 0 Å². The van der Waals surface area contributed by atoms with E-state index in [-0.39, 0.29) is 0 Å². The van der Waals surface area contributed by atoms with Gasteiger partial charge in [0.15, 0.2) is 0 Å². The number of terminal acetylenes is 1. The van der Waals surface area contributed by atoms with E-state index in [0.717, 1.165) is 34.4 Å². The summed E-state index contributed by atoms with van der Waals surface area (Å²) >= 11 is 3.58. The third kappa shape index (κ3) is 2.73. The Bertz CT molecular complexity index is 665. The molecule has 1 aromatic carbocycles. The van der Waals surface area contributed by atoms with Crippen molar-refractivity contribution in [2.24, 2.45) is 0 Å². The van der Waals surface area contributed by atoms with Crippen LogP contribution in [0.25, 0.3) is 11.3 Å². The van der Waals surface area contributed by atoms with Crippen LogP contribution in [0.5, 0.6) is 0 Å². The summed E-state index contributed by atoms with van der Waals surface area (Å²) in [7, 11) is 0. The lowest BCUT2D eigenvalue weighted by Gasteiger charge is -2.06. The predicted octanol–water partition coefficient (Wildman–Crippen LogP) is 3.79. The van der Waals surface area contributed by atoms with E-state index in [2.05, 4.69) is 47.8 Å². The number of hydrogen-bond acceptors (Lipinski definition) is 2. The third-order valence-electron chi connectivity index (χ3n) is 3.19. The van der Waals surface area contributed by atoms with Crippen LogP contribution in [0.15, 0.2) is 22.7 Å². The number of halogens is 1. The zero-order valence-electron chi connectivity index (χ0n) is 11.8. The van der Waals surface area contributed by atoms with Crippen molar-refractivity contribution in [2.75, 3.05) is 5.73 Å². The first-order valence-electron chi connectivity index (χ1n) is 6.63. The van der Waals surface area contributed by atoms with E-state index in [9.17, 15) is 0 Å². The van der Waals surface area contributed by atoms with Gasteiger partial charge in [-0.3, -0.25) is 0 Å². The molecule has 0 saturated heterocycles. The molecule has 1 aromatic heterocycles. The van der Waals surface area contributed by atoms with Crippen molar-refractivity contribution in [1.82, 2.24) is 9.55 Å². The fraction of sp³-hybridized carbons (Fsp3) is 0.312. The lowest BCUT2D eigenvalue weighted by Crippen LogP contribution is -2.06. The van der Waals surface area contributed by atoms with E-state index in [1.165, 1.54) is 5.56 Å². The molecule has 2 N–H and O–H groups in total. The van der Waals surface area contributed by atoms with Crippen LogP contribution in [-0.2, 0) is 13.0 Å². The van der Waals surface area contributed by atoms with Gasteiger partial charge in [-0.2, -0.15) is 0 Å². The number of nitrogens with two attached hydrogens (primary N) is 1. The number of hydrogen-bond donors (Lipinski definition) is 1. The highest BCUT2D eigenvalue weighted by Crippen LogP contribution is 2.33. The summed E-state index contributed by atoms with van der Waals surface area (Å²) in [6.07, 6.45) is 7.31. The van der Waals surface area contributed by atoms with Crippen molar-refractivity contribution >= 4 is 21.7 Å². The van der Waals surface area contributed by atoms with Gasteiger partial charge in [0, 0.05) is 16.5 Å². The fourth-order valence-electron chi connectivity index (χ4n) is 2.21. The van der Waals surface area contributed by atoms with Crippen LogP contribution in [0, 0.1) is 19.3 Å². The van der Waals surface area contributed by atoms with E-state index < -0.39 is 0 Å². The molecule has 0 aliphatic carbocycles. The van der Waals surface area contributed by atoms with Gasteiger partial charge >= 0.3 is 0 Å². The van der Waals surface area contributed by atoms with Crippen molar-refractivity contribution in [3.05, 3.63) is 34.1 Å². The summed E-state index contributed by atoms with van der Waals surface area (Å²) in [6, 6.07) is 6.15. The molecule has 4 heteroatoms. The van der Waals surface area contributed by atoms with Crippen molar-refractivity contribution in [3.63, 3.8) is 0 Å². The average molecular weight is 332 g/mol. The van der Waals surface area contributed by atoms with Crippen LogP contribution in [0.3, 0.4) is 0 Å². The van der Waals surface area contributed by atoms with Gasteiger partial charge in [-0.1, -0.05) is 40.9 Å². The number of anilines is 1. The molecule has 104 valence electrons. The quantitative estimate of drug-likeness (QED) is 0.866. The number of nitrogens with zero attached hydrogens (tertiary/aromatic N) is 2. The highest BCUT2D eigenvalue weighted by atomic mass is 79.9. The first-order valence-corrected chi connectivity index (χ1v) is 7.42. The molecule has 0 atom stereocenters. The maximum Gasteiger partial charge on any atom is 0.132 e. The minimum Gasteiger partial charge on any atom is -0.383 e. The largest absolute Gasteiger partial charge is 0.383 e. The smallest absolute Gasteiger partial charge is 0.132 e. The van der Waals surface area contributed by atoms with Crippen molar-refractivity contribution in [2.45, 2.75) is 33.2 Å². The molecule has 0 unspecified atom stereocenters. The van der Waals surface area contributed by atoms with Gasteiger partial charge < -0.3 is 10.3 Å². The normalized spacial score (nSPS) is 10.5. The Morgan fingerprint density at radius 3 is 2.80 bits per heavy atom. The molecule has 0 fully saturated rings. The molecular formula is C16H18BrN3. The van der Waals surface area contributed by atoms with E-state index in [1.54, 1.807) is 0 Å². The lowest BCUT2D eigenvalue weighted by molar-refractivity contribution is 0.733. The minimum atomic E-state index is 0.456. The number of benzene rings is 1. The second kappa shape index (κ2) is 6.15. The molecule has 20 heavy (non-hydrogen) atoms. The first kappa shape index (κ1) is 14.7. The first-order chi connectivity index (χ1) is 9.58. The number of aryl methyl sites for hydroxylation is 2. The maximum atomic E-state index is 6.24. The van der Waals surface area contributed by atoms with Gasteiger partial charge in [0.05, 0.1) is 6.54 Å². The van der Waals surface area contributed by atoms with Gasteiger partial charge in [-0.15, -0.1) is 6.42 Å². The van der Waals surface area contributed by atoms with E-state index in [4.69, 9.17) is 17.1 Å². The van der Waals surface area contributed by atoms with E-state index in [1.807, 2.05) is 10.6 Å². The van der Waals surface area contributed by atoms with Gasteiger partial charge in [0.25, 0.3) is 0 Å². The van der Waals surface area contributed by atoms with Crippen LogP contribution < -0.4 is 5.73 Å². The van der Waals surface area contributed by atoms with Crippen LogP contribution in [0.4, 0.5) is 5.82 Å². The second-order valence-electron chi connectivity index (χ2n) is 4.79. The zero-order chi connectivity index (χ0) is 14.7. The molecule has 2 rings (SSSR count). The summed E-state index contributed by atoms with van der Waals surface area (Å²) in [5.74, 6) is 4.23. The summed E-state index contributed by atoms with van der Waals surface area (Å²) in [6.45, 7) is 4.63. The van der Waals surface area contributed by atoms with Crippen LogP contribution in [0.1, 0.15) is 24.7 Å². The van der Waals surface area contributed by atoms with Gasteiger partial charge in [-0.05, 0) is 25.0 Å². The van der Waals surface area contributed by atoms with Gasteiger partial charge in [0.2, 0.25) is 0 Å². The third-order valence-corrected chi connectivity index (χ3v) is 3.84. The van der Waals surface area contributed by atoms with Crippen LogP contribution in [0.2, 0.25) is 0 Å². The monoisotopic (exact) mass is 331 g/mol. The van der Waals surface area contributed by atoms with Gasteiger partial charge in [-0.25, -0.2) is 4.98 Å². The SMILES string of the molecule is C#CCn1c(CCC)nc(-c2ccc(C)cc2Br)c1N. The molecule has 0 saturated carbocycles. The lowest BCUT2D eigenvalue weighted by atomic mass is 10.1. The number of nitrogen functional groups attached to an aromatic ring is 1. The van der Waals surface area contributed by atoms with Crippen LogP contribution >= 0.6 is 15.9 Å².